The first kappa shape index (κ1) is 9.07. The van der Waals surface area contributed by atoms with Gasteiger partial charge in [0.15, 0.2) is 0 Å². The zero-order valence-corrected chi connectivity index (χ0v) is 9.91. The van der Waals surface area contributed by atoms with Gasteiger partial charge < -0.3 is 0 Å². The van der Waals surface area contributed by atoms with Gasteiger partial charge >= 0.3 is 0 Å². The number of nitrogens with zero attached hydrogens (tertiary/aromatic N) is 4. The Morgan fingerprint density at radius 2 is 2.46 bits per heavy atom. The predicted molar refractivity (Wildman–Crippen MR) is 59.1 cm³/mol. The Labute approximate surface area is 93.3 Å². The molecule has 0 saturated carbocycles. The summed E-state index contributed by atoms with van der Waals surface area (Å²) in [6, 6.07) is 0. The Kier molecular flexibility index (Phi) is 2.58. The van der Waals surface area contributed by atoms with E-state index in [4.69, 9.17) is 0 Å². The van der Waals surface area contributed by atoms with Gasteiger partial charge in [-0.2, -0.15) is 9.47 Å². The number of aromatic nitrogens is 4. The van der Waals surface area contributed by atoms with Crippen LogP contribution in [0.2, 0.25) is 0 Å². The lowest BCUT2D eigenvalue weighted by Gasteiger charge is -1.89. The first-order valence-electron chi connectivity index (χ1n) is 3.82. The van der Waals surface area contributed by atoms with Crippen molar-refractivity contribution in [1.29, 1.82) is 0 Å². The number of halogens is 1. The molecule has 0 saturated heterocycles. The third-order valence-electron chi connectivity index (χ3n) is 1.52. The maximum atomic E-state index is 4.32. The average Bonchev–Trinajstić information content (AvgIpc) is 2.71. The highest BCUT2D eigenvalue weighted by Gasteiger charge is 2.04. The fraction of sp³-hybridized carbons (Fsp3) is 0.286. The van der Waals surface area contributed by atoms with Crippen LogP contribution in [0.25, 0.3) is 5.13 Å². The molecule has 0 aliphatic heterocycles. The van der Waals surface area contributed by atoms with E-state index in [2.05, 4.69) is 37.0 Å². The van der Waals surface area contributed by atoms with E-state index >= 15 is 0 Å². The summed E-state index contributed by atoms with van der Waals surface area (Å²) >= 11 is 3.59. The summed E-state index contributed by atoms with van der Waals surface area (Å²) in [5.74, 6) is 0.880. The van der Waals surface area contributed by atoms with E-state index in [1.54, 1.807) is 10.9 Å². The summed E-state index contributed by atoms with van der Waals surface area (Å²) in [4.78, 5) is 4.32. The van der Waals surface area contributed by atoms with Gasteiger partial charge in [-0.05, 0) is 22.6 Å². The summed E-state index contributed by atoms with van der Waals surface area (Å²) in [6.45, 7) is 2.04. The lowest BCUT2D eigenvalue weighted by molar-refractivity contribution is 0.854. The van der Waals surface area contributed by atoms with Crippen LogP contribution in [0.5, 0.6) is 0 Å². The van der Waals surface area contributed by atoms with Crippen molar-refractivity contribution >= 4 is 34.1 Å². The van der Waals surface area contributed by atoms with Crippen molar-refractivity contribution in [3.05, 3.63) is 21.8 Å². The number of aryl methyl sites for hydroxylation is 1. The predicted octanol–water partition coefficient (Wildman–Crippen LogP) is 1.89. The monoisotopic (exact) mass is 306 g/mol. The molecule has 0 spiro atoms. The molecule has 68 valence electrons. The Balaban J connectivity index is 2.35. The smallest absolute Gasteiger partial charge is 0.211 e. The molecule has 2 aromatic rings. The molecule has 0 radical (unpaired) electrons. The van der Waals surface area contributed by atoms with E-state index in [-0.39, 0.29) is 0 Å². The van der Waals surface area contributed by atoms with Crippen LogP contribution in [0, 0.1) is 3.57 Å². The Hall–Kier alpha value is -0.500. The van der Waals surface area contributed by atoms with Crippen LogP contribution in [0.3, 0.4) is 0 Å². The van der Waals surface area contributed by atoms with Gasteiger partial charge in [0.05, 0.1) is 9.77 Å². The van der Waals surface area contributed by atoms with Gasteiger partial charge in [-0.25, -0.2) is 9.67 Å². The van der Waals surface area contributed by atoms with E-state index < -0.39 is 0 Å². The standard InChI is InChI=1S/C7H7IN4S/c1-2-6-10-7(13-11-6)12-4-5(8)3-9-12/h3-4H,2H2,1H3. The highest BCUT2D eigenvalue weighted by molar-refractivity contribution is 14.1. The van der Waals surface area contributed by atoms with Crippen molar-refractivity contribution in [3.8, 4) is 5.13 Å². The minimum atomic E-state index is 0.833. The number of hydrogen-bond acceptors (Lipinski definition) is 4. The van der Waals surface area contributed by atoms with Crippen LogP contribution in [0.1, 0.15) is 12.7 Å². The largest absolute Gasteiger partial charge is 0.230 e. The van der Waals surface area contributed by atoms with Gasteiger partial charge in [-0.1, -0.05) is 6.92 Å². The van der Waals surface area contributed by atoms with E-state index in [1.165, 1.54) is 11.5 Å². The molecule has 0 aliphatic carbocycles. The number of hydrogen-bond donors (Lipinski definition) is 0. The van der Waals surface area contributed by atoms with Crippen molar-refractivity contribution in [2.75, 3.05) is 0 Å². The van der Waals surface area contributed by atoms with Gasteiger partial charge in [0.1, 0.15) is 5.82 Å². The van der Waals surface area contributed by atoms with Gasteiger partial charge in [-0.3, -0.25) is 0 Å². The molecule has 6 heteroatoms. The lowest BCUT2D eigenvalue weighted by Crippen LogP contribution is -1.93. The molecular formula is C7H7IN4S. The van der Waals surface area contributed by atoms with Crippen molar-refractivity contribution in [3.63, 3.8) is 0 Å². The molecule has 2 heterocycles. The maximum Gasteiger partial charge on any atom is 0.230 e. The van der Waals surface area contributed by atoms with Crippen LogP contribution >= 0.6 is 34.1 Å². The minimum absolute atomic E-state index is 0.833. The van der Waals surface area contributed by atoms with Crippen LogP contribution in [-0.2, 0) is 6.42 Å². The molecule has 0 bridgehead atoms. The second-order valence-corrected chi connectivity index (χ2v) is 4.43. The summed E-state index contributed by atoms with van der Waals surface area (Å²) < 4.78 is 7.04. The van der Waals surface area contributed by atoms with Gasteiger partial charge in [0, 0.05) is 24.2 Å². The van der Waals surface area contributed by atoms with Crippen LogP contribution in [-0.4, -0.2) is 19.1 Å². The van der Waals surface area contributed by atoms with Gasteiger partial charge in [0.25, 0.3) is 0 Å². The second-order valence-electron chi connectivity index (χ2n) is 2.45. The molecule has 0 aliphatic rings. The lowest BCUT2D eigenvalue weighted by atomic mass is 10.5. The molecule has 2 rings (SSSR count). The quantitative estimate of drug-likeness (QED) is 0.796. The topological polar surface area (TPSA) is 43.6 Å². The second kappa shape index (κ2) is 3.70. The first-order chi connectivity index (χ1) is 6.29. The molecule has 0 N–H and O–H groups in total. The number of rotatable bonds is 2. The third-order valence-corrected chi connectivity index (χ3v) is 2.82. The summed E-state index contributed by atoms with van der Waals surface area (Å²) in [5.41, 5.74) is 0. The molecule has 13 heavy (non-hydrogen) atoms. The molecule has 0 unspecified atom stereocenters. The molecule has 0 aromatic carbocycles. The van der Waals surface area contributed by atoms with Gasteiger partial charge in [0.2, 0.25) is 5.13 Å². The average molecular weight is 306 g/mol. The summed E-state index contributed by atoms with van der Waals surface area (Å²) in [5, 5.41) is 4.98. The fourth-order valence-electron chi connectivity index (χ4n) is 0.887. The Morgan fingerprint density at radius 1 is 1.62 bits per heavy atom. The van der Waals surface area contributed by atoms with Crippen molar-refractivity contribution in [2.45, 2.75) is 13.3 Å². The molecule has 0 fully saturated rings. The molecular weight excluding hydrogens is 299 g/mol. The SMILES string of the molecule is CCc1nsc(-n2cc(I)cn2)n1. The maximum absolute atomic E-state index is 4.32. The molecule has 2 aromatic heterocycles. The van der Waals surface area contributed by atoms with Crippen LogP contribution in [0.4, 0.5) is 0 Å². The normalized spacial score (nSPS) is 10.6. The molecule has 0 amide bonds. The van der Waals surface area contributed by atoms with Crippen LogP contribution < -0.4 is 0 Å². The van der Waals surface area contributed by atoms with E-state index in [0.717, 1.165) is 20.9 Å². The van der Waals surface area contributed by atoms with Gasteiger partial charge in [-0.15, -0.1) is 0 Å². The van der Waals surface area contributed by atoms with E-state index in [9.17, 15) is 0 Å². The fourth-order valence-corrected chi connectivity index (χ4v) is 1.96. The minimum Gasteiger partial charge on any atom is -0.211 e. The summed E-state index contributed by atoms with van der Waals surface area (Å²) in [7, 11) is 0. The highest BCUT2D eigenvalue weighted by atomic mass is 127. The summed E-state index contributed by atoms with van der Waals surface area (Å²) in [6.07, 6.45) is 4.60. The van der Waals surface area contributed by atoms with Crippen molar-refractivity contribution in [2.24, 2.45) is 0 Å². The Morgan fingerprint density at radius 3 is 3.00 bits per heavy atom. The zero-order valence-electron chi connectivity index (χ0n) is 6.94. The van der Waals surface area contributed by atoms with Crippen LogP contribution in [0.15, 0.2) is 12.4 Å². The highest BCUT2D eigenvalue weighted by Crippen LogP contribution is 2.12. The zero-order chi connectivity index (χ0) is 9.26. The molecule has 0 atom stereocenters. The third kappa shape index (κ3) is 1.88. The Bertz CT molecular complexity index is 408. The van der Waals surface area contributed by atoms with Crippen molar-refractivity contribution < 1.29 is 0 Å². The van der Waals surface area contributed by atoms with E-state index in [0.29, 0.717) is 0 Å². The molecule has 4 nitrogen and oxygen atoms in total. The van der Waals surface area contributed by atoms with E-state index in [1.807, 2.05) is 13.1 Å². The first-order valence-corrected chi connectivity index (χ1v) is 5.68. The van der Waals surface area contributed by atoms with Crippen molar-refractivity contribution in [1.82, 2.24) is 19.1 Å².